The van der Waals surface area contributed by atoms with Crippen molar-refractivity contribution in [1.29, 1.82) is 0 Å². The van der Waals surface area contributed by atoms with Crippen molar-refractivity contribution in [1.82, 2.24) is 10.2 Å². The van der Waals surface area contributed by atoms with Gasteiger partial charge in [-0.15, -0.1) is 10.2 Å². The van der Waals surface area contributed by atoms with E-state index in [0.717, 1.165) is 5.69 Å². The molecule has 1 heterocycles. The Balaban J connectivity index is 1.42. The smallest absolute Gasteiger partial charge is 0.340 e. The molecule has 0 saturated heterocycles. The number of aromatic nitrogens is 2. The summed E-state index contributed by atoms with van der Waals surface area (Å²) in [6, 6.07) is 22.2. The van der Waals surface area contributed by atoms with Crippen molar-refractivity contribution in [2.45, 2.75) is 6.61 Å². The van der Waals surface area contributed by atoms with Crippen LogP contribution in [0.25, 0.3) is 11.5 Å². The van der Waals surface area contributed by atoms with Crippen LogP contribution in [0, 0.1) is 10.1 Å². The average molecular weight is 416 g/mol. The van der Waals surface area contributed by atoms with E-state index in [1.165, 1.54) is 24.3 Å². The van der Waals surface area contributed by atoms with Gasteiger partial charge in [-0.3, -0.25) is 10.1 Å². The predicted octanol–water partition coefficient (Wildman–Crippen LogP) is 4.75. The number of nitrogens with zero attached hydrogens (tertiary/aromatic N) is 3. The molecular weight excluding hydrogens is 400 g/mol. The first kappa shape index (κ1) is 19.8. The summed E-state index contributed by atoms with van der Waals surface area (Å²) in [5.41, 5.74) is 2.29. The molecule has 9 nitrogen and oxygen atoms in total. The molecular formula is C22H16N4O5. The number of benzene rings is 3. The molecule has 9 heteroatoms. The highest BCUT2D eigenvalue weighted by atomic mass is 16.6. The molecule has 154 valence electrons. The number of hydrogen-bond donors (Lipinski definition) is 1. The van der Waals surface area contributed by atoms with E-state index in [1.807, 2.05) is 36.4 Å². The van der Waals surface area contributed by atoms with E-state index in [4.69, 9.17) is 9.15 Å². The van der Waals surface area contributed by atoms with Gasteiger partial charge in [-0.05, 0) is 36.4 Å². The van der Waals surface area contributed by atoms with Crippen molar-refractivity contribution in [3.63, 3.8) is 0 Å². The monoisotopic (exact) mass is 416 g/mol. The molecule has 3 aromatic carbocycles. The van der Waals surface area contributed by atoms with Crippen molar-refractivity contribution in [2.75, 3.05) is 5.32 Å². The van der Waals surface area contributed by atoms with Crippen molar-refractivity contribution < 1.29 is 18.9 Å². The zero-order valence-corrected chi connectivity index (χ0v) is 16.1. The van der Waals surface area contributed by atoms with Gasteiger partial charge in [-0.2, -0.15) is 0 Å². The van der Waals surface area contributed by atoms with E-state index in [-0.39, 0.29) is 24.1 Å². The number of carbonyl (C=O) groups is 1. The van der Waals surface area contributed by atoms with E-state index in [9.17, 15) is 14.9 Å². The highest BCUT2D eigenvalue weighted by Crippen LogP contribution is 2.23. The molecule has 4 rings (SSSR count). The lowest BCUT2D eigenvalue weighted by Gasteiger charge is -2.11. The summed E-state index contributed by atoms with van der Waals surface area (Å²) in [6.45, 7) is -0.210. The SMILES string of the molecule is O=C(OCc1nnc(-c2ccc([N+](=O)[O-])cc2)o1)c1ccccc1Nc1ccccc1. The van der Waals surface area contributed by atoms with Gasteiger partial charge in [0.15, 0.2) is 6.61 Å². The van der Waals surface area contributed by atoms with Crippen molar-refractivity contribution >= 4 is 23.0 Å². The Morgan fingerprint density at radius 3 is 2.42 bits per heavy atom. The van der Waals surface area contributed by atoms with Crippen LogP contribution in [0.3, 0.4) is 0 Å². The Morgan fingerprint density at radius 1 is 0.968 bits per heavy atom. The Morgan fingerprint density at radius 2 is 1.68 bits per heavy atom. The minimum Gasteiger partial charge on any atom is -0.452 e. The standard InChI is InChI=1S/C22H16N4O5/c27-22(18-8-4-5-9-19(18)23-16-6-2-1-3-7-16)30-14-20-24-25-21(31-20)15-10-12-17(13-11-15)26(28)29/h1-13,23H,14H2. The minimum atomic E-state index is -0.547. The Hall–Kier alpha value is -4.53. The first-order chi connectivity index (χ1) is 15.1. The lowest BCUT2D eigenvalue weighted by Crippen LogP contribution is -2.08. The zero-order chi connectivity index (χ0) is 21.6. The van der Waals surface area contributed by atoms with Crippen molar-refractivity contribution in [3.8, 4) is 11.5 Å². The van der Waals surface area contributed by atoms with Crippen LogP contribution in [0.5, 0.6) is 0 Å². The normalized spacial score (nSPS) is 10.5. The molecule has 0 amide bonds. The largest absolute Gasteiger partial charge is 0.452 e. The number of esters is 1. The third-order valence-corrected chi connectivity index (χ3v) is 4.32. The molecule has 0 aliphatic rings. The fraction of sp³-hybridized carbons (Fsp3) is 0.0455. The lowest BCUT2D eigenvalue weighted by molar-refractivity contribution is -0.384. The Labute approximate surface area is 176 Å². The fourth-order valence-electron chi connectivity index (χ4n) is 2.81. The second kappa shape index (κ2) is 8.87. The van der Waals surface area contributed by atoms with E-state index >= 15 is 0 Å². The topological polar surface area (TPSA) is 120 Å². The molecule has 1 N–H and O–H groups in total. The second-order valence-corrected chi connectivity index (χ2v) is 6.42. The van der Waals surface area contributed by atoms with Crippen LogP contribution in [-0.4, -0.2) is 21.1 Å². The van der Waals surface area contributed by atoms with E-state index in [2.05, 4.69) is 15.5 Å². The highest BCUT2D eigenvalue weighted by Gasteiger charge is 2.16. The Bertz CT molecular complexity index is 1210. The van der Waals surface area contributed by atoms with E-state index in [1.54, 1.807) is 18.2 Å². The molecule has 0 bridgehead atoms. The molecule has 0 unspecified atom stereocenters. The minimum absolute atomic E-state index is 0.0415. The summed E-state index contributed by atoms with van der Waals surface area (Å²) >= 11 is 0. The summed E-state index contributed by atoms with van der Waals surface area (Å²) in [4.78, 5) is 22.8. The van der Waals surface area contributed by atoms with Crippen LogP contribution < -0.4 is 5.32 Å². The number of nitro groups is 1. The van der Waals surface area contributed by atoms with E-state index < -0.39 is 10.9 Å². The first-order valence-electron chi connectivity index (χ1n) is 9.25. The molecule has 0 aliphatic heterocycles. The molecule has 31 heavy (non-hydrogen) atoms. The number of para-hydroxylation sites is 2. The summed E-state index contributed by atoms with van der Waals surface area (Å²) in [6.07, 6.45) is 0. The van der Waals surface area contributed by atoms with Gasteiger partial charge in [0.1, 0.15) is 0 Å². The maximum absolute atomic E-state index is 12.6. The summed E-state index contributed by atoms with van der Waals surface area (Å²) in [5, 5.41) is 21.7. The first-order valence-corrected chi connectivity index (χ1v) is 9.25. The van der Waals surface area contributed by atoms with Crippen molar-refractivity contribution in [2.24, 2.45) is 0 Å². The molecule has 0 atom stereocenters. The predicted molar refractivity (Wildman–Crippen MR) is 112 cm³/mol. The number of rotatable bonds is 7. The van der Waals surface area contributed by atoms with E-state index in [0.29, 0.717) is 16.8 Å². The van der Waals surface area contributed by atoms with Crippen LogP contribution in [0.2, 0.25) is 0 Å². The fourth-order valence-corrected chi connectivity index (χ4v) is 2.81. The summed E-state index contributed by atoms with van der Waals surface area (Å²) in [7, 11) is 0. The number of nitrogens with one attached hydrogen (secondary N) is 1. The lowest BCUT2D eigenvalue weighted by atomic mass is 10.1. The second-order valence-electron chi connectivity index (χ2n) is 6.42. The molecule has 0 spiro atoms. The molecule has 4 aromatic rings. The number of nitro benzene ring substituents is 1. The number of anilines is 2. The Kier molecular flexibility index (Phi) is 5.66. The van der Waals surface area contributed by atoms with Crippen LogP contribution in [0.1, 0.15) is 16.2 Å². The van der Waals surface area contributed by atoms with Gasteiger partial charge >= 0.3 is 5.97 Å². The molecule has 1 aromatic heterocycles. The van der Waals surface area contributed by atoms with Crippen LogP contribution in [0.15, 0.2) is 83.3 Å². The van der Waals surface area contributed by atoms with Crippen molar-refractivity contribution in [3.05, 3.63) is 100 Å². The highest BCUT2D eigenvalue weighted by molar-refractivity contribution is 5.96. The zero-order valence-electron chi connectivity index (χ0n) is 16.1. The average Bonchev–Trinajstić information content (AvgIpc) is 3.28. The van der Waals surface area contributed by atoms with Gasteiger partial charge in [0.2, 0.25) is 5.89 Å². The van der Waals surface area contributed by atoms with Gasteiger partial charge in [-0.1, -0.05) is 30.3 Å². The molecule has 0 radical (unpaired) electrons. The van der Waals surface area contributed by atoms with Crippen LogP contribution in [-0.2, 0) is 11.3 Å². The van der Waals surface area contributed by atoms with Gasteiger partial charge in [0.25, 0.3) is 11.6 Å². The van der Waals surface area contributed by atoms with Gasteiger partial charge < -0.3 is 14.5 Å². The van der Waals surface area contributed by atoms with Crippen LogP contribution >= 0.6 is 0 Å². The molecule has 0 aliphatic carbocycles. The maximum Gasteiger partial charge on any atom is 0.340 e. The number of ether oxygens (including phenoxy) is 1. The van der Waals surface area contributed by atoms with Gasteiger partial charge in [0, 0.05) is 23.4 Å². The quantitative estimate of drug-likeness (QED) is 0.260. The number of hydrogen-bond acceptors (Lipinski definition) is 8. The summed E-state index contributed by atoms with van der Waals surface area (Å²) in [5.74, 6) is -0.267. The molecule has 0 saturated carbocycles. The maximum atomic E-state index is 12.6. The van der Waals surface area contributed by atoms with Gasteiger partial charge in [0.05, 0.1) is 16.2 Å². The van der Waals surface area contributed by atoms with Gasteiger partial charge in [-0.25, -0.2) is 4.79 Å². The summed E-state index contributed by atoms with van der Waals surface area (Å²) < 4.78 is 10.8. The third kappa shape index (κ3) is 4.73. The number of carbonyl (C=O) groups excluding carboxylic acids is 1. The van der Waals surface area contributed by atoms with Crippen LogP contribution in [0.4, 0.5) is 17.1 Å². The number of non-ortho nitro benzene ring substituents is 1. The molecule has 0 fully saturated rings. The third-order valence-electron chi connectivity index (χ3n) is 4.32.